The minimum absolute atomic E-state index is 0.102. The third-order valence-corrected chi connectivity index (χ3v) is 9.33. The number of β-amino-alcohol motifs (C(OH)–C–C–N with tert-alkyl or cyclic N) is 3. The topological polar surface area (TPSA) is 160 Å². The van der Waals surface area contributed by atoms with Crippen molar-refractivity contribution in [3.8, 4) is 0 Å². The van der Waals surface area contributed by atoms with Crippen LogP contribution in [0.3, 0.4) is 0 Å². The fourth-order valence-electron chi connectivity index (χ4n) is 6.39. The predicted octanol–water partition coefficient (Wildman–Crippen LogP) is 1.47. The maximum atomic E-state index is 12.8. The van der Waals surface area contributed by atoms with Crippen molar-refractivity contribution < 1.29 is 53.3 Å². The second kappa shape index (κ2) is 20.6. The van der Waals surface area contributed by atoms with Gasteiger partial charge in [0.2, 0.25) is 12.9 Å². The summed E-state index contributed by atoms with van der Waals surface area (Å²) in [6.07, 6.45) is -10.5. The number of likely N-dealkylation sites (tertiary alicyclic amines) is 2. The first kappa shape index (κ1) is 41.2. The standard InChI is InChI=1S/C13H17F2NO2.C12H17NO3.C10H19F2NO2/c14-13(15)10-7-16(8-11(17)12(10)18)6-9-4-2-1-3-5-9;14-10-7-13-6-9(12(10)16)11(15)8-4-2-1-3-5-8;1-2-3-4-13-5-7(10(11)12)9(15)8(14)6-13/h1-5,10-13,17-18H,6-8H2;1-5,9-16H,6-7H2;7-10,14-15H,2-6H2,1H3/t10-,11+,12+;9-,10-,11-,12-;7-,8+,9+/m010/s1. The summed E-state index contributed by atoms with van der Waals surface area (Å²) < 4.78 is 50.6. The van der Waals surface area contributed by atoms with Crippen molar-refractivity contribution in [2.24, 2.45) is 17.8 Å². The quantitative estimate of drug-likeness (QED) is 0.180. The van der Waals surface area contributed by atoms with Gasteiger partial charge in [-0.3, -0.25) is 4.90 Å². The SMILES string of the molecule is CCCCN1C[C@@H](O)[C@H](O)[C@@H](C(F)F)C1.O[C@@H]1[C@@H]([C@H](O)c2ccccc2)CNC[C@H]1O.O[C@H]1[C@H](O)CN(Cc2ccccc2)C[C@@H]1C(F)F. The fraction of sp³-hybridized carbons (Fsp3) is 0.657. The number of nitrogens with zero attached hydrogens (tertiary/aromatic N) is 2. The van der Waals surface area contributed by atoms with Gasteiger partial charge in [0.15, 0.2) is 0 Å². The zero-order valence-corrected chi connectivity index (χ0v) is 27.8. The third kappa shape index (κ3) is 12.5. The maximum Gasteiger partial charge on any atom is 0.245 e. The first-order chi connectivity index (χ1) is 23.3. The smallest absolute Gasteiger partial charge is 0.245 e. The highest BCUT2D eigenvalue weighted by Crippen LogP contribution is 2.28. The van der Waals surface area contributed by atoms with E-state index in [2.05, 4.69) is 5.32 Å². The molecule has 8 N–H and O–H groups in total. The summed E-state index contributed by atoms with van der Waals surface area (Å²) in [5.41, 5.74) is 1.77. The van der Waals surface area contributed by atoms with Crippen LogP contribution in [0.5, 0.6) is 0 Å². The lowest BCUT2D eigenvalue weighted by Crippen LogP contribution is -2.54. The van der Waals surface area contributed by atoms with E-state index in [-0.39, 0.29) is 25.6 Å². The average Bonchev–Trinajstić information content (AvgIpc) is 3.09. The van der Waals surface area contributed by atoms with Crippen LogP contribution in [0.15, 0.2) is 60.7 Å². The zero-order valence-electron chi connectivity index (χ0n) is 27.8. The molecule has 0 saturated carbocycles. The molecule has 3 aliphatic heterocycles. The second-order valence-corrected chi connectivity index (χ2v) is 13.1. The molecule has 3 fully saturated rings. The van der Waals surface area contributed by atoms with Crippen LogP contribution >= 0.6 is 0 Å². The van der Waals surface area contributed by atoms with Crippen LogP contribution in [0.2, 0.25) is 0 Å². The van der Waals surface area contributed by atoms with Crippen molar-refractivity contribution in [3.05, 3.63) is 71.8 Å². The molecule has 10 nitrogen and oxygen atoms in total. The van der Waals surface area contributed by atoms with Gasteiger partial charge in [-0.1, -0.05) is 74.0 Å². The maximum absolute atomic E-state index is 12.8. The molecule has 49 heavy (non-hydrogen) atoms. The van der Waals surface area contributed by atoms with E-state index in [4.69, 9.17) is 0 Å². The molecule has 0 unspecified atom stereocenters. The molecule has 3 heterocycles. The summed E-state index contributed by atoms with van der Waals surface area (Å²) >= 11 is 0. The minimum atomic E-state index is -2.62. The summed E-state index contributed by atoms with van der Waals surface area (Å²) in [5, 5.41) is 70.4. The molecule has 0 spiro atoms. The highest BCUT2D eigenvalue weighted by atomic mass is 19.3. The van der Waals surface area contributed by atoms with Crippen LogP contribution in [0.1, 0.15) is 37.0 Å². The monoisotopic (exact) mass is 703 g/mol. The molecule has 0 aromatic heterocycles. The number of rotatable bonds is 9. The summed E-state index contributed by atoms with van der Waals surface area (Å²) in [6, 6.07) is 18.7. The largest absolute Gasteiger partial charge is 0.390 e. The molecule has 2 aromatic rings. The van der Waals surface area contributed by atoms with Crippen LogP contribution in [-0.2, 0) is 6.54 Å². The Labute approximate surface area is 285 Å². The van der Waals surface area contributed by atoms with Crippen LogP contribution < -0.4 is 5.32 Å². The zero-order chi connectivity index (χ0) is 36.1. The van der Waals surface area contributed by atoms with Crippen LogP contribution in [0, 0.1) is 17.8 Å². The number of aliphatic hydroxyl groups excluding tert-OH is 7. The predicted molar refractivity (Wildman–Crippen MR) is 176 cm³/mol. The second-order valence-electron chi connectivity index (χ2n) is 13.1. The molecule has 5 rings (SSSR count). The Morgan fingerprint density at radius 1 is 0.653 bits per heavy atom. The normalized spacial score (nSPS) is 31.8. The highest BCUT2D eigenvalue weighted by molar-refractivity contribution is 5.19. The molecule has 0 aliphatic carbocycles. The molecule has 2 aromatic carbocycles. The van der Waals surface area contributed by atoms with Gasteiger partial charge in [-0.15, -0.1) is 0 Å². The van der Waals surface area contributed by atoms with Crippen LogP contribution in [-0.4, -0.2) is 141 Å². The molecule has 3 aliphatic rings. The van der Waals surface area contributed by atoms with E-state index in [1.165, 1.54) is 0 Å². The van der Waals surface area contributed by atoms with Crippen LogP contribution in [0.4, 0.5) is 17.6 Å². The molecule has 10 atom stereocenters. The number of halogens is 4. The van der Waals surface area contributed by atoms with Crippen LogP contribution in [0.25, 0.3) is 0 Å². The van der Waals surface area contributed by atoms with E-state index >= 15 is 0 Å². The number of aliphatic hydroxyl groups is 7. The van der Waals surface area contributed by atoms with E-state index in [1.54, 1.807) is 9.80 Å². The van der Waals surface area contributed by atoms with Gasteiger partial charge in [0.1, 0.15) is 0 Å². The molecular formula is C35H53F4N3O7. The van der Waals surface area contributed by atoms with Crippen molar-refractivity contribution in [2.45, 2.75) is 81.9 Å². The van der Waals surface area contributed by atoms with Gasteiger partial charge >= 0.3 is 0 Å². The fourth-order valence-corrected chi connectivity index (χ4v) is 6.39. The van der Waals surface area contributed by atoms with Crippen molar-refractivity contribution in [3.63, 3.8) is 0 Å². The summed E-state index contributed by atoms with van der Waals surface area (Å²) in [5.74, 6) is -2.67. The Bertz CT molecular complexity index is 1180. The van der Waals surface area contributed by atoms with Gasteiger partial charge in [0.25, 0.3) is 0 Å². The molecule has 278 valence electrons. The lowest BCUT2D eigenvalue weighted by Gasteiger charge is -2.38. The van der Waals surface area contributed by atoms with Gasteiger partial charge in [-0.25, -0.2) is 17.6 Å². The number of alkyl halides is 4. The number of unbranched alkanes of at least 4 members (excludes halogenated alkanes) is 1. The minimum Gasteiger partial charge on any atom is -0.390 e. The van der Waals surface area contributed by atoms with Gasteiger partial charge in [0, 0.05) is 51.7 Å². The average molecular weight is 704 g/mol. The Kier molecular flexibility index (Phi) is 17.3. The van der Waals surface area contributed by atoms with Crippen molar-refractivity contribution in [1.29, 1.82) is 0 Å². The molecular weight excluding hydrogens is 650 g/mol. The third-order valence-electron chi connectivity index (χ3n) is 9.33. The highest BCUT2D eigenvalue weighted by Gasteiger charge is 2.41. The van der Waals surface area contributed by atoms with Gasteiger partial charge in [-0.05, 0) is 24.1 Å². The van der Waals surface area contributed by atoms with Crippen molar-refractivity contribution in [1.82, 2.24) is 15.1 Å². The van der Waals surface area contributed by atoms with E-state index in [9.17, 15) is 53.3 Å². The van der Waals surface area contributed by atoms with E-state index in [1.807, 2.05) is 67.6 Å². The Hall–Kier alpha value is -2.24. The number of benzene rings is 2. The molecule has 0 bridgehead atoms. The number of nitrogens with one attached hydrogen (secondary N) is 1. The number of piperidine rings is 3. The van der Waals surface area contributed by atoms with Crippen molar-refractivity contribution in [2.75, 3.05) is 45.8 Å². The summed E-state index contributed by atoms with van der Waals surface area (Å²) in [4.78, 5) is 3.56. The summed E-state index contributed by atoms with van der Waals surface area (Å²) in [7, 11) is 0. The van der Waals surface area contributed by atoms with E-state index < -0.39 is 67.4 Å². The Morgan fingerprint density at radius 3 is 1.67 bits per heavy atom. The number of hydrogen-bond donors (Lipinski definition) is 8. The Morgan fingerprint density at radius 2 is 1.14 bits per heavy atom. The Balaban J connectivity index is 0.000000200. The lowest BCUT2D eigenvalue weighted by atomic mass is 9.86. The van der Waals surface area contributed by atoms with Gasteiger partial charge in [-0.2, -0.15) is 0 Å². The van der Waals surface area contributed by atoms with Gasteiger partial charge in [0.05, 0.1) is 54.6 Å². The molecule has 0 radical (unpaired) electrons. The molecule has 14 heteroatoms. The first-order valence-electron chi connectivity index (χ1n) is 16.9. The molecule has 0 amide bonds. The van der Waals surface area contributed by atoms with E-state index in [0.29, 0.717) is 32.7 Å². The lowest BCUT2D eigenvalue weighted by molar-refractivity contribution is -0.118. The van der Waals surface area contributed by atoms with E-state index in [0.717, 1.165) is 24.0 Å². The van der Waals surface area contributed by atoms with Gasteiger partial charge < -0.3 is 46.0 Å². The number of hydrogen-bond acceptors (Lipinski definition) is 10. The van der Waals surface area contributed by atoms with Crippen molar-refractivity contribution >= 4 is 0 Å². The summed E-state index contributed by atoms with van der Waals surface area (Å²) in [6.45, 7) is 4.93. The molecule has 3 saturated heterocycles. The first-order valence-corrected chi connectivity index (χ1v) is 16.9.